The van der Waals surface area contributed by atoms with Gasteiger partial charge in [0.25, 0.3) is 0 Å². The molecule has 21 heavy (non-hydrogen) atoms. The van der Waals surface area contributed by atoms with Crippen LogP contribution in [0.5, 0.6) is 0 Å². The summed E-state index contributed by atoms with van der Waals surface area (Å²) >= 11 is 6.85. The monoisotopic (exact) mass is 412 g/mol. The molecule has 0 spiro atoms. The van der Waals surface area contributed by atoms with E-state index in [9.17, 15) is 4.79 Å². The molecule has 0 atom stereocenters. The maximum Gasteiger partial charge on any atom is 0.338 e. The van der Waals surface area contributed by atoms with Crippen molar-refractivity contribution < 1.29 is 9.53 Å². The lowest BCUT2D eigenvalue weighted by Gasteiger charge is -2.10. The van der Waals surface area contributed by atoms with E-state index in [1.54, 1.807) is 31.5 Å². The second kappa shape index (κ2) is 7.56. The Morgan fingerprint density at radius 3 is 2.76 bits per heavy atom. The van der Waals surface area contributed by atoms with Gasteiger partial charge in [-0.25, -0.2) is 4.79 Å². The van der Waals surface area contributed by atoms with Gasteiger partial charge in [0.05, 0.1) is 12.2 Å². The lowest BCUT2D eigenvalue weighted by molar-refractivity contribution is 0.0526. The third kappa shape index (κ3) is 4.54. The second-order valence-electron chi connectivity index (χ2n) is 4.28. The number of hydrogen-bond acceptors (Lipinski definition) is 4. The van der Waals surface area contributed by atoms with Crippen LogP contribution in [0.2, 0.25) is 0 Å². The minimum absolute atomic E-state index is 0.319. The minimum atomic E-state index is -0.319. The summed E-state index contributed by atoms with van der Waals surface area (Å²) in [6, 6.07) is 7.34. The molecule has 6 heteroatoms. The van der Waals surface area contributed by atoms with Gasteiger partial charge >= 0.3 is 5.97 Å². The maximum atomic E-state index is 11.6. The van der Waals surface area contributed by atoms with E-state index in [-0.39, 0.29) is 5.97 Å². The highest BCUT2D eigenvalue weighted by Crippen LogP contribution is 2.25. The number of carbonyl (C=O) groups excluding carboxylic acids is 1. The quantitative estimate of drug-likeness (QED) is 0.738. The first-order chi connectivity index (χ1) is 10.1. The van der Waals surface area contributed by atoms with Gasteiger partial charge in [-0.2, -0.15) is 0 Å². The molecular formula is C15H14Br2N2O2. The molecule has 0 radical (unpaired) electrons. The van der Waals surface area contributed by atoms with Crippen LogP contribution in [0.1, 0.15) is 22.8 Å². The van der Waals surface area contributed by atoms with Crippen molar-refractivity contribution in [3.8, 4) is 0 Å². The van der Waals surface area contributed by atoms with Gasteiger partial charge in [-0.1, -0.05) is 0 Å². The van der Waals surface area contributed by atoms with Crippen LogP contribution in [0, 0.1) is 0 Å². The van der Waals surface area contributed by atoms with Gasteiger partial charge in [-0.05, 0) is 68.6 Å². The van der Waals surface area contributed by atoms with Crippen molar-refractivity contribution >= 4 is 43.5 Å². The zero-order valence-electron chi connectivity index (χ0n) is 11.4. The number of ether oxygens (including phenoxy) is 1. The number of carbonyl (C=O) groups is 1. The highest BCUT2D eigenvalue weighted by molar-refractivity contribution is 9.10. The van der Waals surface area contributed by atoms with Gasteiger partial charge in [0, 0.05) is 33.6 Å². The van der Waals surface area contributed by atoms with Crippen molar-refractivity contribution in [2.45, 2.75) is 13.5 Å². The van der Waals surface area contributed by atoms with Crippen LogP contribution in [0.15, 0.2) is 45.6 Å². The first kappa shape index (κ1) is 16.0. The molecule has 0 bridgehead atoms. The van der Waals surface area contributed by atoms with Crippen molar-refractivity contribution in [2.24, 2.45) is 0 Å². The van der Waals surface area contributed by atoms with Gasteiger partial charge < -0.3 is 10.1 Å². The van der Waals surface area contributed by atoms with E-state index in [1.807, 2.05) is 12.1 Å². The summed E-state index contributed by atoms with van der Waals surface area (Å²) in [5, 5.41) is 3.29. The minimum Gasteiger partial charge on any atom is -0.462 e. The molecule has 1 aromatic heterocycles. The summed E-state index contributed by atoms with van der Waals surface area (Å²) in [5.41, 5.74) is 2.49. The van der Waals surface area contributed by atoms with Crippen LogP contribution in [0.3, 0.4) is 0 Å². The summed E-state index contributed by atoms with van der Waals surface area (Å²) in [7, 11) is 0. The van der Waals surface area contributed by atoms with Crippen LogP contribution in [-0.4, -0.2) is 17.6 Å². The summed E-state index contributed by atoms with van der Waals surface area (Å²) in [6.45, 7) is 2.80. The van der Waals surface area contributed by atoms with Crippen LogP contribution in [-0.2, 0) is 11.3 Å². The molecule has 0 aliphatic rings. The van der Waals surface area contributed by atoms with Crippen LogP contribution in [0.4, 0.5) is 5.69 Å². The zero-order chi connectivity index (χ0) is 15.2. The topological polar surface area (TPSA) is 51.2 Å². The maximum absolute atomic E-state index is 11.6. The molecule has 1 heterocycles. The van der Waals surface area contributed by atoms with Crippen molar-refractivity contribution in [2.75, 3.05) is 11.9 Å². The lowest BCUT2D eigenvalue weighted by Crippen LogP contribution is -2.06. The summed E-state index contributed by atoms with van der Waals surface area (Å²) in [6.07, 6.45) is 3.55. The Hall–Kier alpha value is -1.40. The number of rotatable bonds is 5. The molecule has 2 rings (SSSR count). The van der Waals surface area contributed by atoms with Crippen LogP contribution < -0.4 is 5.32 Å². The van der Waals surface area contributed by atoms with Gasteiger partial charge in [-0.3, -0.25) is 4.98 Å². The lowest BCUT2D eigenvalue weighted by atomic mass is 10.2. The van der Waals surface area contributed by atoms with E-state index in [4.69, 9.17) is 4.74 Å². The number of benzene rings is 1. The van der Waals surface area contributed by atoms with E-state index >= 15 is 0 Å². The van der Waals surface area contributed by atoms with Gasteiger partial charge in [0.2, 0.25) is 0 Å². The molecule has 110 valence electrons. The number of halogens is 2. The number of nitrogens with zero attached hydrogens (tertiary/aromatic N) is 1. The highest BCUT2D eigenvalue weighted by Gasteiger charge is 2.09. The number of hydrogen-bond donors (Lipinski definition) is 1. The fraction of sp³-hybridized carbons (Fsp3) is 0.200. The predicted molar refractivity (Wildman–Crippen MR) is 89.4 cm³/mol. The molecule has 0 unspecified atom stereocenters. The number of anilines is 1. The molecule has 0 amide bonds. The average Bonchev–Trinajstić information content (AvgIpc) is 2.46. The molecule has 0 saturated heterocycles. The Balaban J connectivity index is 2.06. The van der Waals surface area contributed by atoms with E-state index in [1.165, 1.54) is 0 Å². The molecule has 4 nitrogen and oxygen atoms in total. The molecule has 0 aliphatic carbocycles. The van der Waals surface area contributed by atoms with Gasteiger partial charge in [0.15, 0.2) is 0 Å². The number of aromatic nitrogens is 1. The Morgan fingerprint density at radius 2 is 2.10 bits per heavy atom. The van der Waals surface area contributed by atoms with E-state index in [0.29, 0.717) is 18.7 Å². The van der Waals surface area contributed by atoms with Crippen molar-refractivity contribution in [3.63, 3.8) is 0 Å². The molecule has 0 saturated carbocycles. The predicted octanol–water partition coefficient (Wildman–Crippen LogP) is 4.40. The zero-order valence-corrected chi connectivity index (χ0v) is 14.6. The average molecular weight is 414 g/mol. The molecule has 0 aliphatic heterocycles. The van der Waals surface area contributed by atoms with Gasteiger partial charge in [0.1, 0.15) is 0 Å². The van der Waals surface area contributed by atoms with Crippen molar-refractivity contribution in [1.82, 2.24) is 4.98 Å². The Bertz CT molecular complexity index is 647. The van der Waals surface area contributed by atoms with Crippen LogP contribution >= 0.6 is 31.9 Å². The van der Waals surface area contributed by atoms with Gasteiger partial charge in [-0.15, -0.1) is 0 Å². The molecule has 2 aromatic rings. The summed E-state index contributed by atoms with van der Waals surface area (Å²) in [5.74, 6) is -0.319. The fourth-order valence-electron chi connectivity index (χ4n) is 1.75. The Labute approximate surface area is 140 Å². The fourth-order valence-corrected chi connectivity index (χ4v) is 2.68. The first-order valence-electron chi connectivity index (χ1n) is 6.40. The van der Waals surface area contributed by atoms with Crippen LogP contribution in [0.25, 0.3) is 0 Å². The molecular weight excluding hydrogens is 400 g/mol. The van der Waals surface area contributed by atoms with E-state index < -0.39 is 0 Å². The third-order valence-electron chi connectivity index (χ3n) is 2.72. The number of nitrogens with one attached hydrogen (secondary N) is 1. The summed E-state index contributed by atoms with van der Waals surface area (Å²) in [4.78, 5) is 15.8. The smallest absolute Gasteiger partial charge is 0.338 e. The summed E-state index contributed by atoms with van der Waals surface area (Å²) < 4.78 is 6.73. The number of esters is 1. The van der Waals surface area contributed by atoms with Crippen molar-refractivity contribution in [3.05, 3.63) is 56.7 Å². The molecule has 0 fully saturated rings. The number of pyridine rings is 1. The Kier molecular flexibility index (Phi) is 5.76. The third-order valence-corrected chi connectivity index (χ3v) is 3.81. The Morgan fingerprint density at radius 1 is 1.29 bits per heavy atom. The highest BCUT2D eigenvalue weighted by atomic mass is 79.9. The largest absolute Gasteiger partial charge is 0.462 e. The molecule has 1 N–H and O–H groups in total. The van der Waals surface area contributed by atoms with E-state index in [2.05, 4.69) is 42.2 Å². The standard InChI is InChI=1S/C15H14Br2N2O2/c1-2-21-15(20)11-3-4-14(13(17)6-11)19-8-10-5-12(16)9-18-7-10/h3-7,9,19H,2,8H2,1H3. The SMILES string of the molecule is CCOC(=O)c1ccc(NCc2cncc(Br)c2)c(Br)c1. The normalized spacial score (nSPS) is 10.2. The first-order valence-corrected chi connectivity index (χ1v) is 7.98. The van der Waals surface area contributed by atoms with E-state index in [0.717, 1.165) is 20.2 Å². The molecule has 1 aromatic carbocycles. The second-order valence-corrected chi connectivity index (χ2v) is 6.05. The van der Waals surface area contributed by atoms with Crippen molar-refractivity contribution in [1.29, 1.82) is 0 Å².